The monoisotopic (exact) mass is 271 g/mol. The highest BCUT2D eigenvalue weighted by Crippen LogP contribution is 2.20. The molecule has 0 saturated carbocycles. The fourth-order valence-electron chi connectivity index (χ4n) is 1.80. The van der Waals surface area contributed by atoms with E-state index in [0.29, 0.717) is 11.4 Å². The van der Waals surface area contributed by atoms with Gasteiger partial charge in [-0.3, -0.25) is 0 Å². The summed E-state index contributed by atoms with van der Waals surface area (Å²) in [5.41, 5.74) is 0.925. The van der Waals surface area contributed by atoms with E-state index in [2.05, 4.69) is 0 Å². The molecule has 0 bridgehead atoms. The van der Waals surface area contributed by atoms with E-state index in [-0.39, 0.29) is 18.4 Å². The third kappa shape index (κ3) is 3.46. The van der Waals surface area contributed by atoms with Crippen LogP contribution in [0.15, 0.2) is 29.2 Å². The van der Waals surface area contributed by atoms with Gasteiger partial charge in [-0.05, 0) is 38.1 Å². The van der Waals surface area contributed by atoms with Gasteiger partial charge >= 0.3 is 0 Å². The van der Waals surface area contributed by atoms with Gasteiger partial charge < -0.3 is 10.0 Å². The van der Waals surface area contributed by atoms with Gasteiger partial charge in [-0.1, -0.05) is 6.92 Å². The third-order valence-corrected chi connectivity index (χ3v) is 4.62. The molecule has 0 spiro atoms. The van der Waals surface area contributed by atoms with Gasteiger partial charge in [-0.2, -0.15) is 0 Å². The molecule has 0 aliphatic rings. The second kappa shape index (κ2) is 6.20. The highest BCUT2D eigenvalue weighted by atomic mass is 32.2. The predicted octanol–water partition coefficient (Wildman–Crippen LogP) is 1.69. The largest absolute Gasteiger partial charge is 0.395 e. The Morgan fingerprint density at radius 1 is 1.22 bits per heavy atom. The van der Waals surface area contributed by atoms with Crippen molar-refractivity contribution in [3.05, 3.63) is 24.3 Å². The molecule has 0 radical (unpaired) electrons. The molecule has 0 atom stereocenters. The molecule has 102 valence electrons. The van der Waals surface area contributed by atoms with Crippen molar-refractivity contribution in [3.8, 4) is 0 Å². The fourth-order valence-corrected chi connectivity index (χ4v) is 2.69. The zero-order chi connectivity index (χ0) is 13.8. The lowest BCUT2D eigenvalue weighted by molar-refractivity contribution is 0.299. The Hall–Kier alpha value is -1.07. The number of sulfone groups is 1. The Bertz CT molecular complexity index is 466. The van der Waals surface area contributed by atoms with E-state index in [4.69, 9.17) is 5.11 Å². The predicted molar refractivity (Wildman–Crippen MR) is 73.7 cm³/mol. The molecular formula is C13H21NO3S. The SMILES string of the molecule is CCS(=O)(=O)c1ccc(N(CCO)C(C)C)cc1. The number of nitrogens with zero attached hydrogens (tertiary/aromatic N) is 1. The van der Waals surface area contributed by atoms with Gasteiger partial charge in [0.15, 0.2) is 9.84 Å². The molecule has 1 aromatic rings. The third-order valence-electron chi connectivity index (χ3n) is 2.87. The maximum absolute atomic E-state index is 11.7. The molecule has 0 aliphatic carbocycles. The number of hydrogen-bond donors (Lipinski definition) is 1. The number of anilines is 1. The van der Waals surface area contributed by atoms with Crippen LogP contribution in [-0.4, -0.2) is 38.5 Å². The average molecular weight is 271 g/mol. The number of aliphatic hydroxyl groups is 1. The van der Waals surface area contributed by atoms with Crippen molar-refractivity contribution in [3.63, 3.8) is 0 Å². The van der Waals surface area contributed by atoms with Crippen molar-refractivity contribution >= 4 is 15.5 Å². The van der Waals surface area contributed by atoms with Crippen molar-refractivity contribution in [1.82, 2.24) is 0 Å². The summed E-state index contributed by atoms with van der Waals surface area (Å²) in [5.74, 6) is 0.108. The van der Waals surface area contributed by atoms with Crippen molar-refractivity contribution < 1.29 is 13.5 Å². The second-order valence-corrected chi connectivity index (χ2v) is 6.69. The first-order chi connectivity index (χ1) is 8.42. The molecule has 0 aromatic heterocycles. The number of rotatable bonds is 6. The summed E-state index contributed by atoms with van der Waals surface area (Å²) in [4.78, 5) is 2.38. The summed E-state index contributed by atoms with van der Waals surface area (Å²) in [6.45, 7) is 6.32. The smallest absolute Gasteiger partial charge is 0.178 e. The van der Waals surface area contributed by atoms with Crippen LogP contribution >= 0.6 is 0 Å². The minimum atomic E-state index is -3.14. The average Bonchev–Trinajstić information content (AvgIpc) is 2.36. The van der Waals surface area contributed by atoms with Crippen LogP contribution in [0, 0.1) is 0 Å². The van der Waals surface area contributed by atoms with E-state index in [1.807, 2.05) is 18.7 Å². The minimum absolute atomic E-state index is 0.0766. The molecular weight excluding hydrogens is 250 g/mol. The van der Waals surface area contributed by atoms with Crippen LogP contribution in [0.3, 0.4) is 0 Å². The van der Waals surface area contributed by atoms with Gasteiger partial charge in [-0.25, -0.2) is 8.42 Å². The molecule has 1 aromatic carbocycles. The Morgan fingerprint density at radius 3 is 2.17 bits per heavy atom. The summed E-state index contributed by atoms with van der Waals surface area (Å²) < 4.78 is 23.4. The highest BCUT2D eigenvalue weighted by Gasteiger charge is 2.13. The van der Waals surface area contributed by atoms with Crippen LogP contribution in [0.5, 0.6) is 0 Å². The first kappa shape index (κ1) is 15.0. The van der Waals surface area contributed by atoms with Crippen LogP contribution in [0.2, 0.25) is 0 Å². The van der Waals surface area contributed by atoms with Gasteiger partial charge in [0.05, 0.1) is 17.3 Å². The molecule has 0 fully saturated rings. The summed E-state index contributed by atoms with van der Waals surface area (Å²) >= 11 is 0. The van der Waals surface area contributed by atoms with E-state index < -0.39 is 9.84 Å². The zero-order valence-electron chi connectivity index (χ0n) is 11.1. The highest BCUT2D eigenvalue weighted by molar-refractivity contribution is 7.91. The van der Waals surface area contributed by atoms with Gasteiger partial charge in [-0.15, -0.1) is 0 Å². The Labute approximate surface area is 109 Å². The van der Waals surface area contributed by atoms with Crippen LogP contribution in [0.1, 0.15) is 20.8 Å². The molecule has 1 N–H and O–H groups in total. The molecule has 0 heterocycles. The normalized spacial score (nSPS) is 11.8. The topological polar surface area (TPSA) is 57.6 Å². The first-order valence-corrected chi connectivity index (χ1v) is 7.78. The van der Waals surface area contributed by atoms with Crippen molar-refractivity contribution in [2.45, 2.75) is 31.7 Å². The molecule has 18 heavy (non-hydrogen) atoms. The van der Waals surface area contributed by atoms with Crippen LogP contribution in [0.25, 0.3) is 0 Å². The molecule has 0 amide bonds. The molecule has 0 saturated heterocycles. The minimum Gasteiger partial charge on any atom is -0.395 e. The van der Waals surface area contributed by atoms with Crippen LogP contribution in [0.4, 0.5) is 5.69 Å². The number of hydrogen-bond acceptors (Lipinski definition) is 4. The molecule has 1 rings (SSSR count). The van der Waals surface area contributed by atoms with E-state index in [1.54, 1.807) is 31.2 Å². The Kier molecular flexibility index (Phi) is 5.16. The fraction of sp³-hybridized carbons (Fsp3) is 0.538. The van der Waals surface area contributed by atoms with Crippen molar-refractivity contribution in [2.75, 3.05) is 23.8 Å². The molecule has 0 aliphatic heterocycles. The second-order valence-electron chi connectivity index (χ2n) is 4.41. The summed E-state index contributed by atoms with van der Waals surface area (Å²) in [6, 6.07) is 7.09. The lowest BCUT2D eigenvalue weighted by atomic mass is 10.2. The molecule has 5 heteroatoms. The Morgan fingerprint density at radius 2 is 1.78 bits per heavy atom. The van der Waals surface area contributed by atoms with Crippen molar-refractivity contribution in [2.24, 2.45) is 0 Å². The van der Waals surface area contributed by atoms with Gasteiger partial charge in [0.2, 0.25) is 0 Å². The maximum Gasteiger partial charge on any atom is 0.178 e. The Balaban J connectivity index is 3.01. The molecule has 4 nitrogen and oxygen atoms in total. The summed E-state index contributed by atoms with van der Waals surface area (Å²) in [5, 5.41) is 9.03. The van der Waals surface area contributed by atoms with E-state index in [1.165, 1.54) is 0 Å². The zero-order valence-corrected chi connectivity index (χ0v) is 11.9. The summed E-state index contributed by atoms with van der Waals surface area (Å²) in [6.07, 6.45) is 0. The van der Waals surface area contributed by atoms with Gasteiger partial charge in [0.1, 0.15) is 0 Å². The lowest BCUT2D eigenvalue weighted by Gasteiger charge is -2.28. The number of aliphatic hydroxyl groups excluding tert-OH is 1. The van der Waals surface area contributed by atoms with E-state index in [0.717, 1.165) is 5.69 Å². The van der Waals surface area contributed by atoms with E-state index in [9.17, 15) is 8.42 Å². The van der Waals surface area contributed by atoms with Crippen LogP contribution < -0.4 is 4.90 Å². The van der Waals surface area contributed by atoms with Crippen molar-refractivity contribution in [1.29, 1.82) is 0 Å². The summed E-state index contributed by atoms with van der Waals surface area (Å²) in [7, 11) is -3.14. The first-order valence-electron chi connectivity index (χ1n) is 6.12. The quantitative estimate of drug-likeness (QED) is 0.855. The van der Waals surface area contributed by atoms with Gasteiger partial charge in [0.25, 0.3) is 0 Å². The molecule has 0 unspecified atom stereocenters. The number of benzene rings is 1. The maximum atomic E-state index is 11.7. The lowest BCUT2D eigenvalue weighted by Crippen LogP contribution is -2.33. The van der Waals surface area contributed by atoms with Gasteiger partial charge in [0, 0.05) is 18.3 Å². The standard InChI is InChI=1S/C13H21NO3S/c1-4-18(16,17)13-7-5-12(6-8-13)14(9-10-15)11(2)3/h5-8,11,15H,4,9-10H2,1-3H3. The van der Waals surface area contributed by atoms with E-state index >= 15 is 0 Å². The van der Waals surface area contributed by atoms with Crippen LogP contribution in [-0.2, 0) is 9.84 Å².